The molecule has 1 N–H and O–H groups in total. The minimum Gasteiger partial charge on any atom is -0.497 e. The van der Waals surface area contributed by atoms with E-state index in [0.717, 1.165) is 48.0 Å². The number of amides is 2. The zero-order valence-electron chi connectivity index (χ0n) is 19.8. The lowest BCUT2D eigenvalue weighted by molar-refractivity contribution is 0.215. The number of nitrogens with one attached hydrogen (secondary N) is 1. The fraction of sp³-hybridized carbons (Fsp3) is 0.346. The first-order valence-electron chi connectivity index (χ1n) is 11.5. The summed E-state index contributed by atoms with van der Waals surface area (Å²) in [4.78, 5) is 26.5. The Morgan fingerprint density at radius 1 is 1.06 bits per heavy atom. The zero-order valence-corrected chi connectivity index (χ0v) is 20.6. The van der Waals surface area contributed by atoms with E-state index in [2.05, 4.69) is 27.3 Å². The lowest BCUT2D eigenvalue weighted by Gasteiger charge is -2.26. The topological polar surface area (TPSA) is 70.6 Å². The highest BCUT2D eigenvalue weighted by Crippen LogP contribution is 2.26. The van der Waals surface area contributed by atoms with Crippen molar-refractivity contribution in [3.05, 3.63) is 76.2 Å². The smallest absolute Gasteiger partial charge is 0.321 e. The van der Waals surface area contributed by atoms with E-state index >= 15 is 0 Å². The van der Waals surface area contributed by atoms with Crippen molar-refractivity contribution >= 4 is 29.1 Å². The van der Waals surface area contributed by atoms with Gasteiger partial charge in [0.25, 0.3) is 0 Å². The highest BCUT2D eigenvalue weighted by molar-refractivity contribution is 6.30. The molecule has 1 fully saturated rings. The summed E-state index contributed by atoms with van der Waals surface area (Å²) in [6.45, 7) is 6.78. The number of anilines is 2. The predicted molar refractivity (Wildman–Crippen MR) is 136 cm³/mol. The first-order valence-corrected chi connectivity index (χ1v) is 11.8. The van der Waals surface area contributed by atoms with E-state index in [0.29, 0.717) is 30.3 Å². The molecule has 0 bridgehead atoms. The molecule has 0 atom stereocenters. The second-order valence-electron chi connectivity index (χ2n) is 8.45. The van der Waals surface area contributed by atoms with Crippen LogP contribution in [0.3, 0.4) is 0 Å². The summed E-state index contributed by atoms with van der Waals surface area (Å²) >= 11 is 6.05. The van der Waals surface area contributed by atoms with Crippen molar-refractivity contribution in [1.82, 2.24) is 14.9 Å². The molecular weight excluding hydrogens is 450 g/mol. The van der Waals surface area contributed by atoms with Crippen LogP contribution in [-0.2, 0) is 6.42 Å². The van der Waals surface area contributed by atoms with Crippen LogP contribution in [-0.4, -0.2) is 54.2 Å². The fourth-order valence-electron chi connectivity index (χ4n) is 4.23. The Hall–Kier alpha value is -3.32. The average Bonchev–Trinajstić information content (AvgIpc) is 3.07. The Morgan fingerprint density at radius 2 is 1.85 bits per heavy atom. The first-order chi connectivity index (χ1) is 16.4. The van der Waals surface area contributed by atoms with Gasteiger partial charge in [-0.1, -0.05) is 29.8 Å². The summed E-state index contributed by atoms with van der Waals surface area (Å²) in [7, 11) is 1.67. The third-order valence-electron chi connectivity index (χ3n) is 6.00. The maximum absolute atomic E-state index is 12.9. The van der Waals surface area contributed by atoms with Gasteiger partial charge in [-0.3, -0.25) is 0 Å². The maximum atomic E-state index is 12.9. The molecular formula is C26H30ClN5O2. The van der Waals surface area contributed by atoms with Gasteiger partial charge in [-0.2, -0.15) is 0 Å². The van der Waals surface area contributed by atoms with Crippen molar-refractivity contribution in [2.24, 2.45) is 0 Å². The SMILES string of the molecule is COc1ccc(Cc2c(C)nc(C)nc2N2CCCN(C(=O)Nc3cccc(Cl)c3)CC2)cc1. The zero-order chi connectivity index (χ0) is 24.1. The van der Waals surface area contributed by atoms with Gasteiger partial charge in [-0.25, -0.2) is 14.8 Å². The molecule has 1 aromatic heterocycles. The van der Waals surface area contributed by atoms with E-state index in [1.807, 2.05) is 43.0 Å². The Kier molecular flexibility index (Phi) is 7.53. The lowest BCUT2D eigenvalue weighted by Crippen LogP contribution is -2.38. The molecule has 0 spiro atoms. The van der Waals surface area contributed by atoms with Gasteiger partial charge in [0.15, 0.2) is 0 Å². The third-order valence-corrected chi connectivity index (χ3v) is 6.24. The number of nitrogens with zero attached hydrogens (tertiary/aromatic N) is 4. The predicted octanol–water partition coefficient (Wildman–Crippen LogP) is 5.09. The quantitative estimate of drug-likeness (QED) is 0.552. The van der Waals surface area contributed by atoms with Gasteiger partial charge in [0.05, 0.1) is 7.11 Å². The van der Waals surface area contributed by atoms with Gasteiger partial charge in [0.1, 0.15) is 17.4 Å². The molecule has 2 amide bonds. The molecule has 0 saturated carbocycles. The monoisotopic (exact) mass is 479 g/mol. The number of halogens is 1. The van der Waals surface area contributed by atoms with Crippen LogP contribution in [0.15, 0.2) is 48.5 Å². The van der Waals surface area contributed by atoms with Crippen molar-refractivity contribution in [3.8, 4) is 5.75 Å². The minimum absolute atomic E-state index is 0.113. The van der Waals surface area contributed by atoms with E-state index < -0.39 is 0 Å². The van der Waals surface area contributed by atoms with Crippen molar-refractivity contribution in [2.45, 2.75) is 26.7 Å². The number of hydrogen-bond acceptors (Lipinski definition) is 5. The van der Waals surface area contributed by atoms with Crippen LogP contribution in [0.5, 0.6) is 5.75 Å². The van der Waals surface area contributed by atoms with E-state index in [1.54, 1.807) is 19.2 Å². The molecule has 8 heteroatoms. The van der Waals surface area contributed by atoms with Crippen molar-refractivity contribution < 1.29 is 9.53 Å². The van der Waals surface area contributed by atoms with Crippen molar-refractivity contribution in [1.29, 1.82) is 0 Å². The molecule has 0 unspecified atom stereocenters. The van der Waals surface area contributed by atoms with E-state index in [-0.39, 0.29) is 6.03 Å². The molecule has 2 heterocycles. The molecule has 1 saturated heterocycles. The number of rotatable bonds is 5. The number of methoxy groups -OCH3 is 1. The Balaban J connectivity index is 1.50. The standard InChI is InChI=1S/C26H30ClN5O2/c1-18-24(16-20-8-10-23(34-3)11-9-20)25(29-19(2)28-18)31-12-5-13-32(15-14-31)26(33)30-22-7-4-6-21(27)17-22/h4,6-11,17H,5,12-16H2,1-3H3,(H,30,33). The second kappa shape index (κ2) is 10.7. The number of urea groups is 1. The molecule has 178 valence electrons. The molecule has 1 aliphatic rings. The van der Waals surface area contributed by atoms with Crippen molar-refractivity contribution in [3.63, 3.8) is 0 Å². The minimum atomic E-state index is -0.113. The molecule has 0 radical (unpaired) electrons. The second-order valence-corrected chi connectivity index (χ2v) is 8.89. The normalized spacial score (nSPS) is 14.0. The summed E-state index contributed by atoms with van der Waals surface area (Å²) in [6.07, 6.45) is 1.59. The van der Waals surface area contributed by atoms with E-state index in [4.69, 9.17) is 21.3 Å². The molecule has 4 rings (SSSR count). The third kappa shape index (κ3) is 5.78. The number of aryl methyl sites for hydroxylation is 2. The summed E-state index contributed by atoms with van der Waals surface area (Å²) in [5.41, 5.74) is 3.98. The van der Waals surface area contributed by atoms with Crippen LogP contribution in [0.1, 0.15) is 29.1 Å². The van der Waals surface area contributed by atoms with Gasteiger partial charge in [-0.15, -0.1) is 0 Å². The fourth-order valence-corrected chi connectivity index (χ4v) is 4.43. The van der Waals surface area contributed by atoms with Gasteiger partial charge >= 0.3 is 6.03 Å². The lowest BCUT2D eigenvalue weighted by atomic mass is 10.0. The number of aromatic nitrogens is 2. The Labute approximate surface area is 205 Å². The van der Waals surface area contributed by atoms with Gasteiger partial charge in [-0.05, 0) is 56.2 Å². The summed E-state index contributed by atoms with van der Waals surface area (Å²) in [5, 5.41) is 3.55. The summed E-state index contributed by atoms with van der Waals surface area (Å²) in [6, 6.07) is 15.2. The Morgan fingerprint density at radius 3 is 2.59 bits per heavy atom. The molecule has 3 aromatic rings. The largest absolute Gasteiger partial charge is 0.497 e. The van der Waals surface area contributed by atoms with Crippen LogP contribution >= 0.6 is 11.6 Å². The molecule has 1 aliphatic heterocycles. The van der Waals surface area contributed by atoms with Crippen LogP contribution in [0.4, 0.5) is 16.3 Å². The number of carbonyl (C=O) groups excluding carboxylic acids is 1. The van der Waals surface area contributed by atoms with Crippen LogP contribution in [0.25, 0.3) is 0 Å². The maximum Gasteiger partial charge on any atom is 0.321 e. The Bertz CT molecular complexity index is 1150. The van der Waals surface area contributed by atoms with Crippen LogP contribution in [0.2, 0.25) is 5.02 Å². The number of benzene rings is 2. The first kappa shape index (κ1) is 23.8. The summed E-state index contributed by atoms with van der Waals surface area (Å²) in [5.74, 6) is 2.55. The highest BCUT2D eigenvalue weighted by atomic mass is 35.5. The highest BCUT2D eigenvalue weighted by Gasteiger charge is 2.23. The summed E-state index contributed by atoms with van der Waals surface area (Å²) < 4.78 is 5.29. The molecule has 0 aliphatic carbocycles. The average molecular weight is 480 g/mol. The van der Waals surface area contributed by atoms with E-state index in [9.17, 15) is 4.79 Å². The van der Waals surface area contributed by atoms with Gasteiger partial charge in [0, 0.05) is 54.6 Å². The molecule has 34 heavy (non-hydrogen) atoms. The number of hydrogen-bond donors (Lipinski definition) is 1. The van der Waals surface area contributed by atoms with Crippen LogP contribution in [0, 0.1) is 13.8 Å². The molecule has 7 nitrogen and oxygen atoms in total. The molecule has 2 aromatic carbocycles. The van der Waals surface area contributed by atoms with E-state index in [1.165, 1.54) is 5.56 Å². The number of carbonyl (C=O) groups is 1. The van der Waals surface area contributed by atoms with Crippen molar-refractivity contribution in [2.75, 3.05) is 43.5 Å². The van der Waals surface area contributed by atoms with Gasteiger partial charge in [0.2, 0.25) is 0 Å². The van der Waals surface area contributed by atoms with Gasteiger partial charge < -0.3 is 19.9 Å². The number of ether oxygens (including phenoxy) is 1. The van der Waals surface area contributed by atoms with Crippen LogP contribution < -0.4 is 15.0 Å².